The minimum Gasteiger partial charge on any atom is -0.394 e. The molecule has 0 aromatic carbocycles. The predicted octanol–water partition coefficient (Wildman–Crippen LogP) is -2.08. The maximum absolute atomic E-state index is 10.7. The molecule has 3 aliphatic heterocycles. The molecule has 1 saturated carbocycles. The number of aliphatic hydroxyl groups excluding tert-OH is 6. The van der Waals surface area contributed by atoms with E-state index in [0.717, 1.165) is 0 Å². The number of aliphatic hydroxyl groups is 7. The lowest BCUT2D eigenvalue weighted by Crippen LogP contribution is -2.61. The molecule has 4 rings (SSSR count). The van der Waals surface area contributed by atoms with Crippen molar-refractivity contribution in [2.75, 3.05) is 19.8 Å². The van der Waals surface area contributed by atoms with E-state index in [0.29, 0.717) is 12.8 Å². The van der Waals surface area contributed by atoms with Gasteiger partial charge in [-0.25, -0.2) is 0 Å². The third kappa shape index (κ3) is 4.65. The van der Waals surface area contributed by atoms with Crippen molar-refractivity contribution in [1.82, 2.24) is 0 Å². The highest BCUT2D eigenvalue weighted by molar-refractivity contribution is 5.32. The van der Waals surface area contributed by atoms with Crippen LogP contribution in [0.4, 0.5) is 0 Å². The average molecular weight is 521 g/mol. The van der Waals surface area contributed by atoms with E-state index >= 15 is 0 Å². The summed E-state index contributed by atoms with van der Waals surface area (Å²) < 4.78 is 28.7. The zero-order valence-corrected chi connectivity index (χ0v) is 21.1. The summed E-state index contributed by atoms with van der Waals surface area (Å²) in [6, 6.07) is 0. The van der Waals surface area contributed by atoms with Gasteiger partial charge in [0.25, 0.3) is 0 Å². The number of hydrogen-bond donors (Lipinski definition) is 7. The van der Waals surface area contributed by atoms with Crippen LogP contribution in [-0.4, -0.2) is 128 Å². The fourth-order valence-electron chi connectivity index (χ4n) is 5.98. The van der Waals surface area contributed by atoms with E-state index < -0.39 is 91.9 Å². The van der Waals surface area contributed by atoms with Crippen LogP contribution in [0, 0.1) is 5.41 Å². The number of rotatable bonds is 8. The van der Waals surface area contributed by atoms with Crippen molar-refractivity contribution >= 4 is 0 Å². The molecule has 12 nitrogen and oxygen atoms in total. The maximum atomic E-state index is 10.7. The molecule has 0 amide bonds. The number of ether oxygens (including phenoxy) is 5. The molecule has 0 spiro atoms. The van der Waals surface area contributed by atoms with Crippen LogP contribution in [0.3, 0.4) is 0 Å². The summed E-state index contributed by atoms with van der Waals surface area (Å²) in [5.74, 6) is 0. The Hall–Kier alpha value is -0.740. The maximum Gasteiger partial charge on any atom is 0.187 e. The lowest BCUT2D eigenvalue weighted by atomic mass is 9.63. The van der Waals surface area contributed by atoms with Crippen LogP contribution >= 0.6 is 0 Å². The quantitative estimate of drug-likeness (QED) is 0.137. The zero-order chi connectivity index (χ0) is 26.7. The average Bonchev–Trinajstić information content (AvgIpc) is 3.33. The molecule has 0 aromatic heterocycles. The van der Waals surface area contributed by atoms with Gasteiger partial charge in [-0.2, -0.15) is 0 Å². The van der Waals surface area contributed by atoms with Gasteiger partial charge in [0.15, 0.2) is 12.6 Å². The van der Waals surface area contributed by atoms with Crippen LogP contribution in [-0.2, 0) is 23.7 Å². The van der Waals surface area contributed by atoms with Crippen molar-refractivity contribution in [3.8, 4) is 0 Å². The van der Waals surface area contributed by atoms with Gasteiger partial charge in [-0.3, -0.25) is 0 Å². The first-order valence-corrected chi connectivity index (χ1v) is 12.4. The third-order valence-electron chi connectivity index (χ3n) is 8.15. The van der Waals surface area contributed by atoms with Gasteiger partial charge in [0.2, 0.25) is 0 Å². The largest absolute Gasteiger partial charge is 0.394 e. The summed E-state index contributed by atoms with van der Waals surface area (Å²) >= 11 is 0. The highest BCUT2D eigenvalue weighted by Crippen LogP contribution is 2.66. The topological polar surface area (TPSA) is 191 Å². The molecular formula is C24H40O12. The molecule has 0 radical (unpaired) electrons. The normalized spacial score (nSPS) is 51.3. The van der Waals surface area contributed by atoms with E-state index in [2.05, 4.69) is 0 Å². The molecule has 36 heavy (non-hydrogen) atoms. The molecule has 4 aliphatic rings. The van der Waals surface area contributed by atoms with Crippen molar-refractivity contribution in [2.45, 2.75) is 113 Å². The highest BCUT2D eigenvalue weighted by atomic mass is 16.8. The lowest BCUT2D eigenvalue weighted by Gasteiger charge is -2.43. The fourth-order valence-corrected chi connectivity index (χ4v) is 5.98. The summed E-state index contributed by atoms with van der Waals surface area (Å²) in [6.07, 6.45) is -6.22. The summed E-state index contributed by atoms with van der Waals surface area (Å²) in [5, 5.41) is 70.8. The van der Waals surface area contributed by atoms with Crippen molar-refractivity contribution in [3.05, 3.63) is 12.2 Å². The van der Waals surface area contributed by atoms with Crippen LogP contribution in [0.15, 0.2) is 12.2 Å². The number of fused-ring (bicyclic) bond motifs is 1. The second kappa shape index (κ2) is 9.78. The smallest absolute Gasteiger partial charge is 0.187 e. The van der Waals surface area contributed by atoms with Gasteiger partial charge in [-0.15, -0.1) is 0 Å². The first-order chi connectivity index (χ1) is 16.7. The Bertz CT molecular complexity index is 823. The number of epoxide rings is 1. The molecule has 12 atom stereocenters. The molecule has 0 aromatic rings. The van der Waals surface area contributed by atoms with Crippen LogP contribution in [0.2, 0.25) is 0 Å². The minimum absolute atomic E-state index is 0.329. The Morgan fingerprint density at radius 3 is 2.31 bits per heavy atom. The summed E-state index contributed by atoms with van der Waals surface area (Å²) in [7, 11) is 0. The molecule has 0 bridgehead atoms. The summed E-state index contributed by atoms with van der Waals surface area (Å²) in [5.41, 5.74) is -3.36. The molecule has 0 unspecified atom stereocenters. The van der Waals surface area contributed by atoms with Crippen molar-refractivity contribution in [3.63, 3.8) is 0 Å². The number of hydrogen-bond acceptors (Lipinski definition) is 12. The second-order valence-corrected chi connectivity index (χ2v) is 11.4. The van der Waals surface area contributed by atoms with Crippen molar-refractivity contribution in [2.24, 2.45) is 5.41 Å². The Kier molecular flexibility index (Phi) is 7.68. The van der Waals surface area contributed by atoms with E-state index in [1.165, 1.54) is 0 Å². The molecule has 1 aliphatic carbocycles. The van der Waals surface area contributed by atoms with E-state index in [9.17, 15) is 35.7 Å². The molecule has 3 heterocycles. The molecule has 7 N–H and O–H groups in total. The third-order valence-corrected chi connectivity index (χ3v) is 8.15. The van der Waals surface area contributed by atoms with Gasteiger partial charge in [0.1, 0.15) is 47.3 Å². The van der Waals surface area contributed by atoms with Crippen LogP contribution < -0.4 is 0 Å². The highest BCUT2D eigenvalue weighted by Gasteiger charge is 2.74. The van der Waals surface area contributed by atoms with E-state index in [4.69, 9.17) is 23.7 Å². The van der Waals surface area contributed by atoms with Crippen LogP contribution in [0.25, 0.3) is 0 Å². The lowest BCUT2D eigenvalue weighted by molar-refractivity contribution is -0.339. The van der Waals surface area contributed by atoms with Crippen molar-refractivity contribution in [1.29, 1.82) is 0 Å². The van der Waals surface area contributed by atoms with E-state index in [-0.39, 0.29) is 5.41 Å². The van der Waals surface area contributed by atoms with Gasteiger partial charge >= 0.3 is 0 Å². The van der Waals surface area contributed by atoms with E-state index in [1.807, 2.05) is 26.8 Å². The Labute approximate surface area is 210 Å². The SMILES string of the molecule is C[C@H](/C=C/[C@@]12O[C@]1(C)C[C@@H](O)CC2(C)C)O[C@@H]1O[C@H](CO)[C@H](O)[C@H](O)[C@H]1O[C@@H]1OC[C@](O)(CO)[C@H]1O. The minimum atomic E-state index is -1.94. The standard InChI is InChI=1S/C24H40O12/c1-12(5-6-24-21(2,3)7-13(27)8-22(24,4)36-24)33-19-17(16(29)15(28)14(9-25)34-19)35-20-18(30)23(31,10-26)11-32-20/h5-6,12-20,25-31H,7-11H2,1-4H3/b6-5+/t12-,13+,14-,15+,16+,17-,18+,19-,20+,22-,23-,24+/m1/s1. The molecule has 208 valence electrons. The Balaban J connectivity index is 1.48. The fraction of sp³-hybridized carbons (Fsp3) is 0.917. The van der Waals surface area contributed by atoms with Gasteiger partial charge < -0.3 is 59.4 Å². The van der Waals surface area contributed by atoms with Gasteiger partial charge in [-0.05, 0) is 20.3 Å². The summed E-state index contributed by atoms with van der Waals surface area (Å²) in [6.45, 7) is 6.00. The Morgan fingerprint density at radius 2 is 1.72 bits per heavy atom. The van der Waals surface area contributed by atoms with Crippen LogP contribution in [0.1, 0.15) is 40.5 Å². The predicted molar refractivity (Wildman–Crippen MR) is 121 cm³/mol. The monoisotopic (exact) mass is 520 g/mol. The van der Waals surface area contributed by atoms with E-state index in [1.54, 1.807) is 13.0 Å². The Morgan fingerprint density at radius 1 is 1.03 bits per heavy atom. The van der Waals surface area contributed by atoms with Crippen molar-refractivity contribution < 1.29 is 59.4 Å². The van der Waals surface area contributed by atoms with Gasteiger partial charge in [-0.1, -0.05) is 26.0 Å². The second-order valence-electron chi connectivity index (χ2n) is 11.4. The first-order valence-electron chi connectivity index (χ1n) is 12.4. The molecule has 4 fully saturated rings. The first kappa shape index (κ1) is 28.3. The zero-order valence-electron chi connectivity index (χ0n) is 21.1. The summed E-state index contributed by atoms with van der Waals surface area (Å²) in [4.78, 5) is 0. The molecular weight excluding hydrogens is 480 g/mol. The molecule has 12 heteroatoms. The van der Waals surface area contributed by atoms with Gasteiger partial charge in [0, 0.05) is 11.8 Å². The molecule has 3 saturated heterocycles. The van der Waals surface area contributed by atoms with Gasteiger partial charge in [0.05, 0.1) is 32.0 Å². The van der Waals surface area contributed by atoms with Crippen LogP contribution in [0.5, 0.6) is 0 Å².